The van der Waals surface area contributed by atoms with Crippen LogP contribution < -0.4 is 5.73 Å². The Morgan fingerprint density at radius 2 is 1.22 bits per heavy atom. The zero-order valence-corrected chi connectivity index (χ0v) is 15.4. The zero-order valence-electron chi connectivity index (χ0n) is 12.2. The Hall–Kier alpha value is -0.657. The first-order valence-corrected chi connectivity index (χ1v) is 10.8. The summed E-state index contributed by atoms with van der Waals surface area (Å²) < 4.78 is 0. The van der Waals surface area contributed by atoms with Gasteiger partial charge < -0.3 is 21.1 Å². The maximum atomic E-state index is 8.34. The summed E-state index contributed by atoms with van der Waals surface area (Å²) >= 11 is -0.346. The Morgan fingerprint density at radius 3 is 1.39 bits per heavy atom. The second kappa shape index (κ2) is 13.8. The molecule has 0 bridgehead atoms. The molecule has 0 saturated carbocycles. The van der Waals surface area contributed by atoms with Crippen molar-refractivity contribution in [1.29, 1.82) is 0 Å². The van der Waals surface area contributed by atoms with Gasteiger partial charge in [-0.3, -0.25) is 9.97 Å². The van der Waals surface area contributed by atoms with E-state index in [0.717, 1.165) is 11.4 Å². The third-order valence-corrected chi connectivity index (χ3v) is 2.54. The largest absolute Gasteiger partial charge is 0.255 e. The van der Waals surface area contributed by atoms with Gasteiger partial charge >= 0.3 is 34.5 Å². The standard InChI is InChI=1S/C10H8N2.C4H11NO3.2ClH.Ru/c1-3-7-11-9(5-1)10-6-2-4-8-12-10;5-4(1-6,2-7)3-8;;;/h1-8H;6-8H,1-3,5H2;2*1H;/q;;;;+2/p-2. The molecule has 5 N–H and O–H groups in total. The van der Waals surface area contributed by atoms with E-state index in [-0.39, 0.29) is 15.1 Å². The van der Waals surface area contributed by atoms with E-state index in [1.807, 2.05) is 36.4 Å². The van der Waals surface area contributed by atoms with E-state index in [1.54, 1.807) is 12.4 Å². The third-order valence-electron chi connectivity index (χ3n) is 2.54. The molecular formula is C14H19Cl2N3O3Ru. The molecule has 0 amide bonds. The number of halogens is 2. The van der Waals surface area contributed by atoms with E-state index in [9.17, 15) is 0 Å². The van der Waals surface area contributed by atoms with Crippen molar-refractivity contribution in [3.63, 3.8) is 0 Å². The Balaban J connectivity index is 0.000000385. The van der Waals surface area contributed by atoms with Crippen LogP contribution in [-0.2, 0) is 15.1 Å². The first-order chi connectivity index (χ1) is 11.1. The number of aromatic nitrogens is 2. The molecule has 0 saturated heterocycles. The first kappa shape index (κ1) is 22.3. The SMILES string of the molecule is NC(CO)(CO)CO.[Cl][Ru][Cl].c1ccc(-c2ccccn2)nc1. The van der Waals surface area contributed by atoms with Crippen LogP contribution in [0.4, 0.5) is 0 Å². The van der Waals surface area contributed by atoms with Gasteiger partial charge in [0.2, 0.25) is 0 Å². The van der Waals surface area contributed by atoms with Gasteiger partial charge in [0.15, 0.2) is 0 Å². The van der Waals surface area contributed by atoms with Crippen LogP contribution >= 0.6 is 19.4 Å². The minimum Gasteiger partial charge on any atom is -0.255 e. The average Bonchev–Trinajstić information content (AvgIpc) is 2.64. The summed E-state index contributed by atoms with van der Waals surface area (Å²) in [6.07, 6.45) is 3.54. The van der Waals surface area contributed by atoms with Gasteiger partial charge in [-0.05, 0) is 24.3 Å². The molecule has 2 heterocycles. The first-order valence-electron chi connectivity index (χ1n) is 6.36. The fraction of sp³-hybridized carbons (Fsp3) is 0.286. The zero-order chi connectivity index (χ0) is 17.6. The van der Waals surface area contributed by atoms with E-state index in [2.05, 4.69) is 9.97 Å². The molecule has 0 radical (unpaired) electrons. The second-order valence-corrected chi connectivity index (χ2v) is 6.96. The van der Waals surface area contributed by atoms with E-state index in [1.165, 1.54) is 0 Å². The number of rotatable bonds is 4. The van der Waals surface area contributed by atoms with E-state index in [4.69, 9.17) is 40.4 Å². The summed E-state index contributed by atoms with van der Waals surface area (Å²) in [6, 6.07) is 11.6. The van der Waals surface area contributed by atoms with Gasteiger partial charge in [0.1, 0.15) is 0 Å². The Morgan fingerprint density at radius 1 is 0.870 bits per heavy atom. The van der Waals surface area contributed by atoms with Gasteiger partial charge in [0.05, 0.1) is 36.7 Å². The van der Waals surface area contributed by atoms with Crippen molar-refractivity contribution in [2.24, 2.45) is 5.73 Å². The van der Waals surface area contributed by atoms with E-state index >= 15 is 0 Å². The van der Waals surface area contributed by atoms with Crippen molar-refractivity contribution in [1.82, 2.24) is 9.97 Å². The van der Waals surface area contributed by atoms with Gasteiger partial charge in [-0.15, -0.1) is 0 Å². The summed E-state index contributed by atoms with van der Waals surface area (Å²) in [6.45, 7) is -1.21. The molecule has 0 aliphatic carbocycles. The van der Waals surface area contributed by atoms with Crippen LogP contribution in [0.2, 0.25) is 0 Å². The number of pyridine rings is 2. The van der Waals surface area contributed by atoms with Crippen molar-refractivity contribution in [3.8, 4) is 11.4 Å². The van der Waals surface area contributed by atoms with E-state index in [0.29, 0.717) is 0 Å². The number of hydrogen-bond donors (Lipinski definition) is 4. The Kier molecular flexibility index (Phi) is 13.4. The van der Waals surface area contributed by atoms with Crippen LogP contribution in [-0.4, -0.2) is 50.6 Å². The van der Waals surface area contributed by atoms with Gasteiger partial charge in [-0.25, -0.2) is 0 Å². The van der Waals surface area contributed by atoms with Crippen molar-refractivity contribution >= 4 is 19.4 Å². The maximum absolute atomic E-state index is 8.34. The quantitative estimate of drug-likeness (QED) is 0.522. The molecule has 130 valence electrons. The molecule has 6 nitrogen and oxygen atoms in total. The number of nitrogens with zero attached hydrogens (tertiary/aromatic N) is 2. The molecule has 2 aromatic rings. The summed E-state index contributed by atoms with van der Waals surface area (Å²) in [4.78, 5) is 8.37. The van der Waals surface area contributed by atoms with Crippen LogP contribution in [0.15, 0.2) is 48.8 Å². The number of aliphatic hydroxyl groups excluding tert-OH is 3. The molecule has 0 fully saturated rings. The number of nitrogens with two attached hydrogens (primary N) is 1. The molecule has 2 rings (SSSR count). The van der Waals surface area contributed by atoms with Crippen molar-refractivity contribution < 1.29 is 30.5 Å². The van der Waals surface area contributed by atoms with Crippen LogP contribution in [0.5, 0.6) is 0 Å². The Labute approximate surface area is 151 Å². The molecule has 0 atom stereocenters. The molecule has 0 unspecified atom stereocenters. The molecule has 2 aromatic heterocycles. The smallest absolute Gasteiger partial charge is 0.0886 e. The predicted octanol–water partition coefficient (Wildman–Crippen LogP) is 1.18. The monoisotopic (exact) mass is 449 g/mol. The fourth-order valence-corrected chi connectivity index (χ4v) is 1.18. The molecule has 0 aromatic carbocycles. The van der Waals surface area contributed by atoms with Crippen LogP contribution in [0.3, 0.4) is 0 Å². The van der Waals surface area contributed by atoms with Crippen LogP contribution in [0.1, 0.15) is 0 Å². The van der Waals surface area contributed by atoms with Crippen LogP contribution in [0.25, 0.3) is 11.4 Å². The second-order valence-electron chi connectivity index (χ2n) is 4.32. The summed E-state index contributed by atoms with van der Waals surface area (Å²) in [5, 5.41) is 25.0. The number of hydrogen-bond acceptors (Lipinski definition) is 6. The van der Waals surface area contributed by atoms with Gasteiger partial charge in [-0.2, -0.15) is 0 Å². The maximum Gasteiger partial charge on any atom is 0.0886 e. The van der Waals surface area contributed by atoms with Crippen molar-refractivity contribution in [3.05, 3.63) is 48.8 Å². The van der Waals surface area contributed by atoms with Gasteiger partial charge in [0, 0.05) is 12.4 Å². The average molecular weight is 449 g/mol. The van der Waals surface area contributed by atoms with Gasteiger partial charge in [-0.1, -0.05) is 12.1 Å². The summed E-state index contributed by atoms with van der Waals surface area (Å²) in [5.41, 5.74) is 5.77. The minimum absolute atomic E-state index is 0.346. The third kappa shape index (κ3) is 9.94. The fourth-order valence-electron chi connectivity index (χ4n) is 1.18. The molecule has 9 heteroatoms. The molecular weight excluding hydrogens is 430 g/mol. The molecule has 0 aliphatic rings. The summed E-state index contributed by atoms with van der Waals surface area (Å²) in [7, 11) is 9.71. The van der Waals surface area contributed by atoms with E-state index < -0.39 is 25.4 Å². The van der Waals surface area contributed by atoms with Crippen molar-refractivity contribution in [2.45, 2.75) is 5.54 Å². The molecule has 23 heavy (non-hydrogen) atoms. The number of aliphatic hydroxyl groups is 3. The minimum atomic E-state index is -1.21. The topological polar surface area (TPSA) is 112 Å². The van der Waals surface area contributed by atoms with Crippen molar-refractivity contribution in [2.75, 3.05) is 19.8 Å². The van der Waals surface area contributed by atoms with Gasteiger partial charge in [0.25, 0.3) is 0 Å². The summed E-state index contributed by atoms with van der Waals surface area (Å²) in [5.74, 6) is 0. The predicted molar refractivity (Wildman–Crippen MR) is 87.3 cm³/mol. The molecule has 0 aliphatic heterocycles. The Bertz CT molecular complexity index is 459. The normalized spacial score (nSPS) is 10.2. The van der Waals surface area contributed by atoms with Crippen LogP contribution in [0, 0.1) is 0 Å². The molecule has 0 spiro atoms.